The van der Waals surface area contributed by atoms with Crippen molar-refractivity contribution in [3.05, 3.63) is 58.6 Å². The average Bonchev–Trinajstić information content (AvgIpc) is 2.73. The monoisotopic (exact) mass is 456 g/mol. The number of nitrogens with zero attached hydrogens (tertiary/aromatic N) is 1. The van der Waals surface area contributed by atoms with Gasteiger partial charge in [0.05, 0.1) is 13.3 Å². The lowest BCUT2D eigenvalue weighted by molar-refractivity contribution is -0.130. The summed E-state index contributed by atoms with van der Waals surface area (Å²) in [4.78, 5) is 12.4. The van der Waals surface area contributed by atoms with Gasteiger partial charge in [0.25, 0.3) is 5.91 Å². The Morgan fingerprint density at radius 3 is 2.69 bits per heavy atom. The maximum absolute atomic E-state index is 12.4. The molecule has 4 rings (SSSR count). The van der Waals surface area contributed by atoms with Gasteiger partial charge in [0.1, 0.15) is 6.61 Å². The molecular formula is C21H17BrN2O5. The Balaban J connectivity index is 1.46. The van der Waals surface area contributed by atoms with Crippen LogP contribution in [0, 0.1) is 0 Å². The molecule has 0 bridgehead atoms. The van der Waals surface area contributed by atoms with Gasteiger partial charge in [-0.3, -0.25) is 4.79 Å². The molecule has 3 aromatic carbocycles. The molecule has 3 aromatic rings. The molecule has 7 nitrogen and oxygen atoms in total. The minimum atomic E-state index is -0.841. The number of amides is 1. The van der Waals surface area contributed by atoms with E-state index in [1.54, 1.807) is 12.1 Å². The van der Waals surface area contributed by atoms with Crippen LogP contribution in [-0.2, 0) is 4.79 Å². The summed E-state index contributed by atoms with van der Waals surface area (Å²) < 4.78 is 17.3. The Morgan fingerprint density at radius 1 is 1.24 bits per heavy atom. The van der Waals surface area contributed by atoms with Crippen molar-refractivity contribution in [3.63, 3.8) is 0 Å². The van der Waals surface area contributed by atoms with Gasteiger partial charge in [-0.05, 0) is 35.0 Å². The number of methoxy groups -OCH3 is 1. The second kappa shape index (κ2) is 8.00. The van der Waals surface area contributed by atoms with E-state index in [0.717, 1.165) is 10.8 Å². The van der Waals surface area contributed by atoms with E-state index in [1.165, 1.54) is 13.3 Å². The summed E-state index contributed by atoms with van der Waals surface area (Å²) in [6.07, 6.45) is 0.484. The number of hydrogen-bond donors (Lipinski definition) is 2. The van der Waals surface area contributed by atoms with Crippen molar-refractivity contribution in [2.24, 2.45) is 5.10 Å². The number of hydrogen-bond acceptors (Lipinski definition) is 6. The third-order valence-corrected chi connectivity index (χ3v) is 4.89. The van der Waals surface area contributed by atoms with Gasteiger partial charge in [-0.25, -0.2) is 5.43 Å². The van der Waals surface area contributed by atoms with Crippen molar-refractivity contribution in [2.75, 3.05) is 13.7 Å². The van der Waals surface area contributed by atoms with E-state index in [1.807, 2.05) is 36.4 Å². The predicted molar refractivity (Wildman–Crippen MR) is 112 cm³/mol. The van der Waals surface area contributed by atoms with Gasteiger partial charge < -0.3 is 19.3 Å². The summed E-state index contributed by atoms with van der Waals surface area (Å²) in [5.41, 5.74) is 2.79. The number of phenols is 1. The van der Waals surface area contributed by atoms with Crippen LogP contribution in [0.15, 0.2) is 58.1 Å². The van der Waals surface area contributed by atoms with Crippen molar-refractivity contribution in [2.45, 2.75) is 6.10 Å². The van der Waals surface area contributed by atoms with Crippen LogP contribution in [0.25, 0.3) is 10.8 Å². The van der Waals surface area contributed by atoms with Crippen LogP contribution in [0.2, 0.25) is 0 Å². The normalized spacial score (nSPS) is 15.4. The molecule has 1 amide bonds. The topological polar surface area (TPSA) is 89.4 Å². The SMILES string of the molecule is COc1cc(Br)cc(/C=N\NC(=O)C2COc3cc4ccccc4cc3O2)c1O. The second-order valence-corrected chi connectivity index (χ2v) is 7.26. The zero-order chi connectivity index (χ0) is 20.4. The smallest absolute Gasteiger partial charge is 0.284 e. The molecule has 1 atom stereocenters. The molecule has 2 N–H and O–H groups in total. The predicted octanol–water partition coefficient (Wildman–Crippen LogP) is 3.61. The van der Waals surface area contributed by atoms with E-state index in [2.05, 4.69) is 26.5 Å². The molecule has 0 fully saturated rings. The van der Waals surface area contributed by atoms with Gasteiger partial charge in [-0.1, -0.05) is 40.2 Å². The van der Waals surface area contributed by atoms with Crippen LogP contribution in [-0.4, -0.2) is 37.0 Å². The largest absolute Gasteiger partial charge is 0.504 e. The standard InChI is InChI=1S/C21H17BrN2O5/c1-27-18-9-15(22)6-14(20(18)25)10-23-24-21(26)19-11-28-16-7-12-4-2-3-5-13(12)8-17(16)29-19/h2-10,19,25H,11H2,1H3,(H,24,26)/b23-10-. The van der Waals surface area contributed by atoms with Gasteiger partial charge in [-0.2, -0.15) is 5.10 Å². The first kappa shape index (κ1) is 19.1. The number of aromatic hydroxyl groups is 1. The summed E-state index contributed by atoms with van der Waals surface area (Å²) in [7, 11) is 1.45. The van der Waals surface area contributed by atoms with Crippen LogP contribution in [0.4, 0.5) is 0 Å². The second-order valence-electron chi connectivity index (χ2n) is 6.34. The molecule has 0 radical (unpaired) electrons. The first-order valence-electron chi connectivity index (χ1n) is 8.77. The summed E-state index contributed by atoms with van der Waals surface area (Å²) in [6.45, 7) is 0.0721. The fraction of sp³-hybridized carbons (Fsp3) is 0.143. The first-order chi connectivity index (χ1) is 14.0. The van der Waals surface area contributed by atoms with Gasteiger partial charge in [-0.15, -0.1) is 0 Å². The van der Waals surface area contributed by atoms with Gasteiger partial charge in [0, 0.05) is 10.0 Å². The quantitative estimate of drug-likeness (QED) is 0.462. The van der Waals surface area contributed by atoms with E-state index >= 15 is 0 Å². The van der Waals surface area contributed by atoms with Crippen LogP contribution < -0.4 is 19.6 Å². The molecular weight excluding hydrogens is 440 g/mol. The Morgan fingerprint density at radius 2 is 1.97 bits per heavy atom. The zero-order valence-electron chi connectivity index (χ0n) is 15.4. The fourth-order valence-corrected chi connectivity index (χ4v) is 3.43. The fourth-order valence-electron chi connectivity index (χ4n) is 2.97. The Bertz CT molecular complexity index is 1120. The lowest BCUT2D eigenvalue weighted by atomic mass is 10.1. The maximum Gasteiger partial charge on any atom is 0.284 e. The maximum atomic E-state index is 12.4. The molecule has 29 heavy (non-hydrogen) atoms. The van der Waals surface area contributed by atoms with Crippen LogP contribution in [0.1, 0.15) is 5.56 Å². The third-order valence-electron chi connectivity index (χ3n) is 4.43. The zero-order valence-corrected chi connectivity index (χ0v) is 17.0. The molecule has 0 saturated carbocycles. The molecule has 1 unspecified atom stereocenters. The number of nitrogens with one attached hydrogen (secondary N) is 1. The Labute approximate surface area is 175 Å². The first-order valence-corrected chi connectivity index (χ1v) is 9.56. The van der Waals surface area contributed by atoms with Gasteiger partial charge >= 0.3 is 0 Å². The average molecular weight is 457 g/mol. The number of benzene rings is 3. The molecule has 0 spiro atoms. The number of halogens is 1. The van der Waals surface area contributed by atoms with E-state index in [-0.39, 0.29) is 12.4 Å². The highest BCUT2D eigenvalue weighted by Crippen LogP contribution is 2.36. The molecule has 0 aliphatic carbocycles. The number of carbonyl (C=O) groups excluding carboxylic acids is 1. The van der Waals surface area contributed by atoms with E-state index in [4.69, 9.17) is 14.2 Å². The minimum Gasteiger partial charge on any atom is -0.504 e. The lowest BCUT2D eigenvalue weighted by Gasteiger charge is -2.25. The summed E-state index contributed by atoms with van der Waals surface area (Å²) in [5.74, 6) is 0.865. The van der Waals surface area contributed by atoms with E-state index in [0.29, 0.717) is 27.3 Å². The van der Waals surface area contributed by atoms with Gasteiger partial charge in [0.15, 0.2) is 23.0 Å². The Kier molecular flexibility index (Phi) is 5.26. The highest BCUT2D eigenvalue weighted by Gasteiger charge is 2.27. The van der Waals surface area contributed by atoms with E-state index < -0.39 is 12.0 Å². The number of hydrazone groups is 1. The Hall–Kier alpha value is -3.26. The van der Waals surface area contributed by atoms with Crippen molar-refractivity contribution >= 4 is 38.8 Å². The number of ether oxygens (including phenoxy) is 3. The van der Waals surface area contributed by atoms with Gasteiger partial charge in [0.2, 0.25) is 6.10 Å². The third kappa shape index (κ3) is 3.97. The molecule has 1 aliphatic heterocycles. The summed E-state index contributed by atoms with van der Waals surface area (Å²) in [5, 5.41) is 16.1. The highest BCUT2D eigenvalue weighted by atomic mass is 79.9. The van der Waals surface area contributed by atoms with Crippen molar-refractivity contribution < 1.29 is 24.1 Å². The molecule has 0 saturated heterocycles. The summed E-state index contributed by atoms with van der Waals surface area (Å²) >= 11 is 3.33. The molecule has 148 valence electrons. The van der Waals surface area contributed by atoms with Crippen LogP contribution in [0.5, 0.6) is 23.0 Å². The highest BCUT2D eigenvalue weighted by molar-refractivity contribution is 9.10. The molecule has 1 aliphatic rings. The molecule has 0 aromatic heterocycles. The number of carbonyl (C=O) groups is 1. The number of rotatable bonds is 4. The van der Waals surface area contributed by atoms with Crippen LogP contribution >= 0.6 is 15.9 Å². The lowest BCUT2D eigenvalue weighted by Crippen LogP contribution is -2.42. The van der Waals surface area contributed by atoms with Crippen molar-refractivity contribution in [3.8, 4) is 23.0 Å². The van der Waals surface area contributed by atoms with Crippen molar-refractivity contribution in [1.82, 2.24) is 5.43 Å². The molecule has 1 heterocycles. The van der Waals surface area contributed by atoms with E-state index in [9.17, 15) is 9.90 Å². The van der Waals surface area contributed by atoms with Crippen LogP contribution in [0.3, 0.4) is 0 Å². The molecule has 8 heteroatoms. The summed E-state index contributed by atoms with van der Waals surface area (Å²) in [6, 6.07) is 14.8. The number of phenolic OH excluding ortho intramolecular Hbond substituents is 1. The van der Waals surface area contributed by atoms with Crippen molar-refractivity contribution in [1.29, 1.82) is 0 Å². The number of fused-ring (bicyclic) bond motifs is 2. The minimum absolute atomic E-state index is 0.0721.